The summed E-state index contributed by atoms with van der Waals surface area (Å²) in [6.07, 6.45) is 3.44. The molecule has 0 rings (SSSR count). The first kappa shape index (κ1) is 10.0. The zero-order valence-electron chi connectivity index (χ0n) is 7.09. The second-order valence-electron chi connectivity index (χ2n) is 2.23. The van der Waals surface area contributed by atoms with Crippen molar-refractivity contribution >= 4 is 5.97 Å². The molecule has 0 fully saturated rings. The number of esters is 1. The smallest absolute Gasteiger partial charge is 0.353 e. The SMILES string of the molecule is CC=C(N)C(=O)OCCCC. The fourth-order valence-corrected chi connectivity index (χ4v) is 0.510. The quantitative estimate of drug-likeness (QED) is 0.379. The van der Waals surface area contributed by atoms with Gasteiger partial charge in [0.05, 0.1) is 6.61 Å². The molecule has 0 saturated carbocycles. The number of ether oxygens (including phenoxy) is 1. The summed E-state index contributed by atoms with van der Waals surface area (Å²) in [6, 6.07) is 0. The number of carbonyl (C=O) groups excluding carboxylic acids is 1. The lowest BCUT2D eigenvalue weighted by molar-refractivity contribution is -0.139. The minimum absolute atomic E-state index is 0.182. The predicted octanol–water partition coefficient (Wildman–Crippen LogP) is 1.19. The van der Waals surface area contributed by atoms with Crippen LogP contribution in [0.25, 0.3) is 0 Å². The summed E-state index contributed by atoms with van der Waals surface area (Å²) >= 11 is 0. The van der Waals surface area contributed by atoms with Gasteiger partial charge in [0, 0.05) is 0 Å². The topological polar surface area (TPSA) is 52.3 Å². The van der Waals surface area contributed by atoms with E-state index in [4.69, 9.17) is 10.5 Å². The molecule has 0 aliphatic rings. The summed E-state index contributed by atoms with van der Waals surface area (Å²) < 4.78 is 4.80. The van der Waals surface area contributed by atoms with E-state index < -0.39 is 5.97 Å². The third kappa shape index (κ3) is 4.42. The number of hydrogen-bond donors (Lipinski definition) is 1. The maximum absolute atomic E-state index is 10.8. The van der Waals surface area contributed by atoms with Gasteiger partial charge in [0.15, 0.2) is 0 Å². The van der Waals surface area contributed by atoms with E-state index in [1.54, 1.807) is 6.92 Å². The van der Waals surface area contributed by atoms with Crippen molar-refractivity contribution in [2.24, 2.45) is 5.73 Å². The molecule has 0 aliphatic heterocycles. The van der Waals surface area contributed by atoms with Crippen LogP contribution in [0.4, 0.5) is 0 Å². The third-order valence-corrected chi connectivity index (χ3v) is 1.28. The van der Waals surface area contributed by atoms with Crippen molar-refractivity contribution < 1.29 is 9.53 Å². The lowest BCUT2D eigenvalue weighted by atomic mass is 10.3. The normalized spacial score (nSPS) is 11.3. The zero-order valence-corrected chi connectivity index (χ0v) is 7.09. The molecule has 11 heavy (non-hydrogen) atoms. The third-order valence-electron chi connectivity index (χ3n) is 1.28. The van der Waals surface area contributed by atoms with Gasteiger partial charge in [-0.05, 0) is 13.3 Å². The van der Waals surface area contributed by atoms with Crippen LogP contribution in [0.5, 0.6) is 0 Å². The van der Waals surface area contributed by atoms with Crippen molar-refractivity contribution in [2.75, 3.05) is 6.61 Å². The van der Waals surface area contributed by atoms with Gasteiger partial charge in [0.25, 0.3) is 0 Å². The van der Waals surface area contributed by atoms with E-state index in [1.807, 2.05) is 6.92 Å². The van der Waals surface area contributed by atoms with Crippen LogP contribution in [0.3, 0.4) is 0 Å². The highest BCUT2D eigenvalue weighted by molar-refractivity contribution is 5.87. The fourth-order valence-electron chi connectivity index (χ4n) is 0.510. The van der Waals surface area contributed by atoms with Crippen molar-refractivity contribution in [2.45, 2.75) is 26.7 Å². The summed E-state index contributed by atoms with van der Waals surface area (Å²) in [6.45, 7) is 4.20. The summed E-state index contributed by atoms with van der Waals surface area (Å²) in [4.78, 5) is 10.8. The first-order valence-corrected chi connectivity index (χ1v) is 3.81. The molecule has 0 aliphatic carbocycles. The van der Waals surface area contributed by atoms with Crippen molar-refractivity contribution in [1.29, 1.82) is 0 Å². The van der Waals surface area contributed by atoms with E-state index in [2.05, 4.69) is 0 Å². The van der Waals surface area contributed by atoms with Crippen LogP contribution in [-0.4, -0.2) is 12.6 Å². The van der Waals surface area contributed by atoms with E-state index in [0.29, 0.717) is 6.61 Å². The Morgan fingerprint density at radius 1 is 1.64 bits per heavy atom. The van der Waals surface area contributed by atoms with Crippen LogP contribution in [-0.2, 0) is 9.53 Å². The molecule has 0 amide bonds. The molecule has 0 radical (unpaired) electrons. The molecule has 2 N–H and O–H groups in total. The largest absolute Gasteiger partial charge is 0.461 e. The van der Waals surface area contributed by atoms with E-state index in [0.717, 1.165) is 12.8 Å². The average molecular weight is 157 g/mol. The molecule has 0 spiro atoms. The molecule has 3 heteroatoms. The molecule has 0 bridgehead atoms. The molecular weight excluding hydrogens is 142 g/mol. The lowest BCUT2D eigenvalue weighted by Crippen LogP contribution is -2.14. The molecule has 0 saturated heterocycles. The van der Waals surface area contributed by atoms with E-state index in [9.17, 15) is 4.79 Å². The molecule has 0 unspecified atom stereocenters. The van der Waals surface area contributed by atoms with Gasteiger partial charge < -0.3 is 10.5 Å². The summed E-state index contributed by atoms with van der Waals surface area (Å²) in [5.74, 6) is -0.416. The van der Waals surface area contributed by atoms with Crippen LogP contribution in [0.15, 0.2) is 11.8 Å². The van der Waals surface area contributed by atoms with Crippen LogP contribution < -0.4 is 5.73 Å². The predicted molar refractivity (Wildman–Crippen MR) is 43.8 cm³/mol. The fraction of sp³-hybridized carbons (Fsp3) is 0.625. The van der Waals surface area contributed by atoms with Crippen molar-refractivity contribution in [3.63, 3.8) is 0 Å². The number of carbonyl (C=O) groups is 1. The molecule has 0 aromatic heterocycles. The average Bonchev–Trinajstić information content (AvgIpc) is 2.03. The van der Waals surface area contributed by atoms with Gasteiger partial charge >= 0.3 is 5.97 Å². The first-order valence-electron chi connectivity index (χ1n) is 3.81. The highest BCUT2D eigenvalue weighted by Gasteiger charge is 2.03. The number of unbranched alkanes of at least 4 members (excludes halogenated alkanes) is 1. The van der Waals surface area contributed by atoms with Gasteiger partial charge in [-0.3, -0.25) is 0 Å². The van der Waals surface area contributed by atoms with Crippen molar-refractivity contribution in [3.8, 4) is 0 Å². The van der Waals surface area contributed by atoms with Gasteiger partial charge in [-0.2, -0.15) is 0 Å². The molecule has 3 nitrogen and oxygen atoms in total. The van der Waals surface area contributed by atoms with Crippen molar-refractivity contribution in [1.82, 2.24) is 0 Å². The standard InChI is InChI=1S/C8H15NO2/c1-3-5-6-11-8(10)7(9)4-2/h4H,3,5-6,9H2,1-2H3. The van der Waals surface area contributed by atoms with Gasteiger partial charge in [-0.1, -0.05) is 19.4 Å². The lowest BCUT2D eigenvalue weighted by Gasteiger charge is -2.02. The maximum atomic E-state index is 10.8. The Kier molecular flexibility index (Phi) is 5.25. The van der Waals surface area contributed by atoms with Gasteiger partial charge in [0.1, 0.15) is 5.70 Å². The van der Waals surface area contributed by atoms with Crippen LogP contribution in [0, 0.1) is 0 Å². The second-order valence-corrected chi connectivity index (χ2v) is 2.23. The Balaban J connectivity index is 3.53. The monoisotopic (exact) mass is 157 g/mol. The number of hydrogen-bond acceptors (Lipinski definition) is 3. The Morgan fingerprint density at radius 2 is 2.27 bits per heavy atom. The first-order chi connectivity index (χ1) is 5.22. The molecule has 64 valence electrons. The molecular formula is C8H15NO2. The second kappa shape index (κ2) is 5.77. The van der Waals surface area contributed by atoms with Crippen LogP contribution in [0.1, 0.15) is 26.7 Å². The number of rotatable bonds is 4. The minimum atomic E-state index is -0.416. The Hall–Kier alpha value is -0.990. The maximum Gasteiger partial charge on any atom is 0.353 e. The summed E-state index contributed by atoms with van der Waals surface area (Å²) in [5.41, 5.74) is 5.47. The van der Waals surface area contributed by atoms with Gasteiger partial charge in [-0.25, -0.2) is 4.79 Å². The van der Waals surface area contributed by atoms with E-state index >= 15 is 0 Å². The number of nitrogens with two attached hydrogens (primary N) is 1. The Labute approximate surface area is 67.2 Å². The number of allylic oxidation sites excluding steroid dienone is 1. The summed E-state index contributed by atoms with van der Waals surface area (Å²) in [5, 5.41) is 0. The van der Waals surface area contributed by atoms with Crippen LogP contribution >= 0.6 is 0 Å². The van der Waals surface area contributed by atoms with Crippen molar-refractivity contribution in [3.05, 3.63) is 11.8 Å². The highest BCUT2D eigenvalue weighted by Crippen LogP contribution is 1.92. The Morgan fingerprint density at radius 3 is 2.73 bits per heavy atom. The van der Waals surface area contributed by atoms with Crippen LogP contribution in [0.2, 0.25) is 0 Å². The summed E-state index contributed by atoms with van der Waals surface area (Å²) in [7, 11) is 0. The zero-order chi connectivity index (χ0) is 8.69. The van der Waals surface area contributed by atoms with Gasteiger partial charge in [0.2, 0.25) is 0 Å². The molecule has 0 heterocycles. The minimum Gasteiger partial charge on any atom is -0.461 e. The van der Waals surface area contributed by atoms with E-state index in [1.165, 1.54) is 6.08 Å². The highest BCUT2D eigenvalue weighted by atomic mass is 16.5. The molecule has 0 aromatic carbocycles. The Bertz CT molecular complexity index is 152. The van der Waals surface area contributed by atoms with Gasteiger partial charge in [-0.15, -0.1) is 0 Å². The molecule has 0 atom stereocenters. The van der Waals surface area contributed by atoms with E-state index in [-0.39, 0.29) is 5.70 Å². The molecule has 0 aromatic rings.